The molecule has 23 heteroatoms. The van der Waals surface area contributed by atoms with Crippen molar-refractivity contribution in [3.63, 3.8) is 0 Å². The second-order valence-electron chi connectivity index (χ2n) is 27.8. The van der Waals surface area contributed by atoms with Gasteiger partial charge in [0.15, 0.2) is 0 Å². The highest BCUT2D eigenvalue weighted by atomic mass is 32.3. The van der Waals surface area contributed by atoms with Crippen molar-refractivity contribution in [3.05, 3.63) is 231 Å². The third-order valence-corrected chi connectivity index (χ3v) is 15.5. The van der Waals surface area contributed by atoms with Crippen molar-refractivity contribution < 1.29 is 64.5 Å². The molecule has 0 saturated carbocycles. The highest BCUT2D eigenvalue weighted by Gasteiger charge is 2.15. The molecule has 0 radical (unpaired) electrons. The SMILES string of the molecule is CC(C)CCc1ccc(OS(=O)(=O)F)cc1.CC(C)CNC(=O)c1ccc(OS(=O)(=O)F)cc1.CC(C)CNC(=O)c1ccc(S(=O)(=O)F)cc1.Cc1ccc(CC(C)C)cc1.Cc1ccc(CNCC(C)C)cc1.Cc1cccc(C(=O)NCC(C)C)c1.Cc1cccc(C(=O)NCC(C)C)c1. The molecule has 7 aromatic carbocycles. The van der Waals surface area contributed by atoms with Gasteiger partial charge in [-0.2, -0.15) is 25.3 Å². The predicted octanol–water partition coefficient (Wildman–Crippen LogP) is 17.0. The zero-order chi connectivity index (χ0) is 78.0. The van der Waals surface area contributed by atoms with E-state index in [1.54, 1.807) is 12.1 Å². The number of carbonyl (C=O) groups excluding carboxylic acids is 4. The average Bonchev–Trinajstić information content (AvgIpc) is 0.858. The molecule has 0 aliphatic rings. The number of nitrogens with one attached hydrogen (secondary N) is 5. The molecule has 0 heterocycles. The van der Waals surface area contributed by atoms with Gasteiger partial charge in [-0.25, -0.2) is 0 Å². The molecule has 7 aromatic rings. The lowest BCUT2D eigenvalue weighted by Gasteiger charge is -2.07. The quantitative estimate of drug-likeness (QED) is 0.0317. The number of rotatable bonds is 26. The van der Waals surface area contributed by atoms with Gasteiger partial charge < -0.3 is 35.0 Å². The highest BCUT2D eigenvalue weighted by molar-refractivity contribution is 7.86. The maximum absolute atomic E-state index is 12.6. The molecule has 0 bridgehead atoms. The minimum Gasteiger partial charge on any atom is -0.358 e. The molecule has 103 heavy (non-hydrogen) atoms. The minimum absolute atomic E-state index is 0.00389. The maximum Gasteiger partial charge on any atom is 0.488 e. The van der Waals surface area contributed by atoms with Crippen LogP contribution in [0.5, 0.6) is 11.5 Å². The lowest BCUT2D eigenvalue weighted by Crippen LogP contribution is -2.27. The Labute approximate surface area is 614 Å². The summed E-state index contributed by atoms with van der Waals surface area (Å²) in [5.41, 5.74) is 10.9. The van der Waals surface area contributed by atoms with Crippen LogP contribution in [0.15, 0.2) is 175 Å². The van der Waals surface area contributed by atoms with E-state index >= 15 is 0 Å². The van der Waals surface area contributed by atoms with Crippen molar-refractivity contribution in [2.24, 2.45) is 41.4 Å². The van der Waals surface area contributed by atoms with Crippen LogP contribution in [-0.2, 0) is 50.6 Å². The molecule has 0 saturated heterocycles. The largest absolute Gasteiger partial charge is 0.488 e. The summed E-state index contributed by atoms with van der Waals surface area (Å²) in [6.45, 7) is 42.2. The first-order valence-corrected chi connectivity index (χ1v) is 38.6. The number of hydrogen-bond donors (Lipinski definition) is 5. The molecule has 7 rings (SSSR count). The van der Waals surface area contributed by atoms with Crippen molar-refractivity contribution >= 4 is 54.9 Å². The van der Waals surface area contributed by atoms with Crippen LogP contribution in [0, 0.1) is 69.1 Å². The van der Waals surface area contributed by atoms with Crippen molar-refractivity contribution in [2.75, 3.05) is 32.7 Å². The van der Waals surface area contributed by atoms with Gasteiger partial charge in [-0.15, -0.1) is 3.89 Å². The number of aryl methyl sites for hydroxylation is 5. The summed E-state index contributed by atoms with van der Waals surface area (Å²) < 4.78 is 107. The molecule has 0 aromatic heterocycles. The minimum atomic E-state index is -5.03. The van der Waals surface area contributed by atoms with E-state index in [2.05, 4.69) is 167 Å². The summed E-state index contributed by atoms with van der Waals surface area (Å²) in [6.07, 6.45) is 3.17. The molecule has 568 valence electrons. The summed E-state index contributed by atoms with van der Waals surface area (Å²) in [6, 6.07) is 48.9. The van der Waals surface area contributed by atoms with E-state index in [1.165, 1.54) is 77.2 Å². The summed E-state index contributed by atoms with van der Waals surface area (Å²) >= 11 is 0. The molecular formula is C80H112F3N5O12S3. The first-order chi connectivity index (χ1) is 48.0. The number of amides is 4. The first-order valence-electron chi connectivity index (χ1n) is 34.6. The predicted molar refractivity (Wildman–Crippen MR) is 411 cm³/mol. The number of benzene rings is 7. The molecule has 0 atom stereocenters. The molecule has 0 aliphatic carbocycles. The van der Waals surface area contributed by atoms with Crippen LogP contribution in [0.1, 0.15) is 184 Å². The highest BCUT2D eigenvalue weighted by Crippen LogP contribution is 2.19. The molecular weight excluding hydrogens is 1380 g/mol. The van der Waals surface area contributed by atoms with E-state index in [9.17, 15) is 56.1 Å². The molecule has 17 nitrogen and oxygen atoms in total. The van der Waals surface area contributed by atoms with Crippen molar-refractivity contribution in [2.45, 2.75) is 155 Å². The van der Waals surface area contributed by atoms with Gasteiger partial charge in [-0.05, 0) is 197 Å². The molecule has 5 N–H and O–H groups in total. The van der Waals surface area contributed by atoms with Crippen LogP contribution in [-0.4, -0.2) is 81.6 Å². The number of halogens is 3. The molecule has 4 amide bonds. The summed E-state index contributed by atoms with van der Waals surface area (Å²) in [5, 5.41) is 14.6. The molecule has 0 fully saturated rings. The van der Waals surface area contributed by atoms with Crippen LogP contribution in [0.3, 0.4) is 0 Å². The van der Waals surface area contributed by atoms with E-state index in [0.717, 1.165) is 90.8 Å². The Hall–Kier alpha value is -8.38. The standard InChI is InChI=1S/2C12H17NO.C12H19N.C11H14FNO4S.C11H14FNO3S.C11H15FO3S.C11H16/c2*1-9(2)8-13-12(14)11-6-4-5-10(3)7-11;1-10(2)8-13-9-12-6-4-11(3)5-7-12;1-8(2)7-13-11(14)9-3-5-10(6-4-9)17-18(12,15)16;1-8(2)7-13-11(14)9-3-5-10(6-4-9)17(12,15)16;1-9(2)3-4-10-5-7-11(8-6-10)15-16(12,13)14;1-9(2)8-11-6-4-10(3)5-7-11/h2*4-7,9H,8H2,1-3H3,(H,13,14);4-7,10,13H,8-9H2,1-3H3;3-6,8H,7H2,1-2H3,(H,13,14);3-6,8H,7H2,1-2H3,(H,13,14);5-9H,3-4H2,1-2H3;4-7,9H,8H2,1-3H3. The topological polar surface area (TPSA) is 249 Å². The molecule has 0 spiro atoms. The monoisotopic (exact) mass is 1490 g/mol. The van der Waals surface area contributed by atoms with Crippen molar-refractivity contribution in [3.8, 4) is 11.5 Å². The third kappa shape index (κ3) is 47.5. The van der Waals surface area contributed by atoms with Crippen molar-refractivity contribution in [1.29, 1.82) is 0 Å². The van der Waals surface area contributed by atoms with E-state index in [4.69, 9.17) is 0 Å². The second kappa shape index (κ2) is 48.5. The third-order valence-electron chi connectivity index (χ3n) is 13.9. The lowest BCUT2D eigenvalue weighted by atomic mass is 10.0. The fourth-order valence-electron chi connectivity index (χ4n) is 8.40. The van der Waals surface area contributed by atoms with Crippen LogP contribution < -0.4 is 35.0 Å². The fourth-order valence-corrected chi connectivity index (χ4v) is 9.55. The Kier molecular flexibility index (Phi) is 43.7. The van der Waals surface area contributed by atoms with Gasteiger partial charge >= 0.3 is 31.2 Å². The molecule has 0 aliphatic heterocycles. The van der Waals surface area contributed by atoms with E-state index < -0.39 is 36.1 Å². The Balaban J connectivity index is 0.000000604. The zero-order valence-electron chi connectivity index (χ0n) is 63.3. The van der Waals surface area contributed by atoms with Gasteiger partial charge in [0.25, 0.3) is 23.6 Å². The normalized spacial score (nSPS) is 11.0. The lowest BCUT2D eigenvalue weighted by molar-refractivity contribution is 0.0941. The molecule has 0 unspecified atom stereocenters. The van der Waals surface area contributed by atoms with Gasteiger partial charge in [-0.3, -0.25) is 19.2 Å². The Morgan fingerprint density at radius 2 is 0.670 bits per heavy atom. The zero-order valence-corrected chi connectivity index (χ0v) is 65.8. The Morgan fingerprint density at radius 1 is 0.350 bits per heavy atom. The summed E-state index contributed by atoms with van der Waals surface area (Å²) in [5.74, 6) is 2.99. The fraction of sp³-hybridized carbons (Fsp3) is 0.425. The van der Waals surface area contributed by atoms with Gasteiger partial charge in [-0.1, -0.05) is 212 Å². The second-order valence-corrected chi connectivity index (χ2v) is 31.0. The smallest absolute Gasteiger partial charge is 0.358 e. The van der Waals surface area contributed by atoms with E-state index in [-0.39, 0.29) is 35.1 Å². The Morgan fingerprint density at radius 3 is 0.981 bits per heavy atom. The van der Waals surface area contributed by atoms with Gasteiger partial charge in [0.2, 0.25) is 0 Å². The van der Waals surface area contributed by atoms with Crippen molar-refractivity contribution in [1.82, 2.24) is 26.6 Å². The summed E-state index contributed by atoms with van der Waals surface area (Å²) in [7, 11) is -14.7. The van der Waals surface area contributed by atoms with Crippen LogP contribution in [0.2, 0.25) is 0 Å². The van der Waals surface area contributed by atoms with E-state index in [0.29, 0.717) is 53.8 Å². The number of hydrogen-bond acceptors (Lipinski definition) is 13. The van der Waals surface area contributed by atoms with Gasteiger partial charge in [0.1, 0.15) is 11.5 Å². The van der Waals surface area contributed by atoms with Crippen LogP contribution in [0.4, 0.5) is 11.7 Å². The number of carbonyl (C=O) groups is 4. The van der Waals surface area contributed by atoms with Crippen LogP contribution >= 0.6 is 0 Å². The van der Waals surface area contributed by atoms with E-state index in [1.807, 2.05) is 90.1 Å². The maximum atomic E-state index is 12.6. The van der Waals surface area contributed by atoms with Gasteiger partial charge in [0.05, 0.1) is 4.90 Å². The summed E-state index contributed by atoms with van der Waals surface area (Å²) in [4.78, 5) is 45.9. The first kappa shape index (κ1) is 92.6. The van der Waals surface area contributed by atoms with Gasteiger partial charge in [0, 0.05) is 55.0 Å². The van der Waals surface area contributed by atoms with Crippen LogP contribution in [0.25, 0.3) is 0 Å². The average molecular weight is 1490 g/mol. The Bertz CT molecular complexity index is 3880.